The molecule has 1 N–H and O–H groups in total. The van der Waals surface area contributed by atoms with Crippen LogP contribution in [0.2, 0.25) is 0 Å². The Bertz CT molecular complexity index is 1050. The van der Waals surface area contributed by atoms with Crippen molar-refractivity contribution in [1.29, 1.82) is 0 Å². The van der Waals surface area contributed by atoms with Gasteiger partial charge in [0, 0.05) is 4.47 Å². The summed E-state index contributed by atoms with van der Waals surface area (Å²) in [5.41, 5.74) is 0.800. The first-order valence-electron chi connectivity index (χ1n) is 11.0. The number of hydrogen-bond donors (Lipinski definition) is 1. The number of urea groups is 1. The largest absolute Gasteiger partial charge is 0.490 e. The lowest BCUT2D eigenvalue weighted by atomic mass is 10.1. The van der Waals surface area contributed by atoms with Crippen LogP contribution < -0.4 is 19.7 Å². The van der Waals surface area contributed by atoms with E-state index in [9.17, 15) is 14.4 Å². The molecule has 1 aliphatic rings. The van der Waals surface area contributed by atoms with E-state index in [1.54, 1.807) is 42.5 Å². The first-order valence-corrected chi connectivity index (χ1v) is 11.8. The lowest BCUT2D eigenvalue weighted by Crippen LogP contribution is -2.54. The predicted octanol–water partition coefficient (Wildman–Crippen LogP) is 5.47. The van der Waals surface area contributed by atoms with Crippen molar-refractivity contribution in [3.8, 4) is 11.5 Å². The molecule has 0 aliphatic carbocycles. The van der Waals surface area contributed by atoms with Gasteiger partial charge < -0.3 is 9.47 Å². The fourth-order valence-electron chi connectivity index (χ4n) is 3.36. The molecule has 4 amide bonds. The summed E-state index contributed by atoms with van der Waals surface area (Å²) < 4.78 is 12.4. The molecule has 1 aliphatic heterocycles. The third kappa shape index (κ3) is 6.22. The van der Waals surface area contributed by atoms with E-state index in [0.29, 0.717) is 36.0 Å². The number of anilines is 1. The minimum absolute atomic E-state index is 0.145. The topological polar surface area (TPSA) is 84.9 Å². The maximum absolute atomic E-state index is 13.0. The van der Waals surface area contributed by atoms with Crippen LogP contribution in [-0.4, -0.2) is 31.1 Å². The Labute approximate surface area is 201 Å². The molecule has 1 fully saturated rings. The highest BCUT2D eigenvalue weighted by Gasteiger charge is 2.36. The highest BCUT2D eigenvalue weighted by molar-refractivity contribution is 9.10. The van der Waals surface area contributed by atoms with E-state index in [1.807, 2.05) is 6.92 Å². The molecule has 2 aromatic rings. The zero-order valence-corrected chi connectivity index (χ0v) is 20.3. The molecule has 2 aromatic carbocycles. The summed E-state index contributed by atoms with van der Waals surface area (Å²) in [6.45, 7) is 5.06. The first-order chi connectivity index (χ1) is 15.9. The lowest BCUT2D eigenvalue weighted by molar-refractivity contribution is -0.122. The molecule has 0 spiro atoms. The van der Waals surface area contributed by atoms with Crippen LogP contribution in [0.1, 0.15) is 45.1 Å². The Hall–Kier alpha value is -3.13. The van der Waals surface area contributed by atoms with Crippen molar-refractivity contribution in [3.05, 3.63) is 58.1 Å². The number of imide groups is 2. The van der Waals surface area contributed by atoms with E-state index < -0.39 is 17.8 Å². The molecule has 0 bridgehead atoms. The fourth-order valence-corrected chi connectivity index (χ4v) is 3.63. The summed E-state index contributed by atoms with van der Waals surface area (Å²) in [5, 5.41) is 2.23. The van der Waals surface area contributed by atoms with E-state index in [-0.39, 0.29) is 5.57 Å². The number of rotatable bonds is 10. The van der Waals surface area contributed by atoms with Gasteiger partial charge in [-0.25, -0.2) is 9.69 Å². The Morgan fingerprint density at radius 1 is 0.939 bits per heavy atom. The number of hydrogen-bond acceptors (Lipinski definition) is 5. The third-order valence-electron chi connectivity index (χ3n) is 5.02. The molecule has 3 rings (SSSR count). The number of amides is 4. The number of unbranched alkanes of at least 4 members (excludes halogenated alkanes) is 3. The number of nitrogens with one attached hydrogen (secondary N) is 1. The summed E-state index contributed by atoms with van der Waals surface area (Å²) in [5.74, 6) is -0.290. The zero-order valence-electron chi connectivity index (χ0n) is 18.7. The van der Waals surface area contributed by atoms with Crippen molar-refractivity contribution in [1.82, 2.24) is 5.32 Å². The van der Waals surface area contributed by atoms with Crippen molar-refractivity contribution in [2.75, 3.05) is 18.1 Å². The molecule has 0 atom stereocenters. The lowest BCUT2D eigenvalue weighted by Gasteiger charge is -2.26. The summed E-state index contributed by atoms with van der Waals surface area (Å²) >= 11 is 3.33. The highest BCUT2D eigenvalue weighted by atomic mass is 79.9. The van der Waals surface area contributed by atoms with Crippen LogP contribution in [0.25, 0.3) is 6.08 Å². The molecule has 7 nitrogen and oxygen atoms in total. The van der Waals surface area contributed by atoms with Gasteiger partial charge in [0.2, 0.25) is 0 Å². The number of nitrogens with zero attached hydrogens (tertiary/aromatic N) is 1. The highest BCUT2D eigenvalue weighted by Crippen LogP contribution is 2.30. The Balaban J connectivity index is 1.84. The van der Waals surface area contributed by atoms with Gasteiger partial charge in [-0.05, 0) is 61.4 Å². The quantitative estimate of drug-likeness (QED) is 0.258. The zero-order chi connectivity index (χ0) is 23.8. The molecule has 174 valence electrons. The Morgan fingerprint density at radius 2 is 1.70 bits per heavy atom. The average molecular weight is 515 g/mol. The van der Waals surface area contributed by atoms with Gasteiger partial charge in [0.25, 0.3) is 11.8 Å². The van der Waals surface area contributed by atoms with Gasteiger partial charge in [-0.3, -0.25) is 14.9 Å². The molecule has 1 heterocycles. The second-order valence-corrected chi connectivity index (χ2v) is 8.40. The van der Waals surface area contributed by atoms with Gasteiger partial charge in [0.15, 0.2) is 11.5 Å². The van der Waals surface area contributed by atoms with E-state index >= 15 is 0 Å². The normalized spacial score (nSPS) is 15.1. The number of carbonyl (C=O) groups is 3. The third-order valence-corrected chi connectivity index (χ3v) is 5.55. The molecule has 1 saturated heterocycles. The molecule has 0 saturated carbocycles. The summed E-state index contributed by atoms with van der Waals surface area (Å²) in [7, 11) is 0. The van der Waals surface area contributed by atoms with Gasteiger partial charge in [-0.1, -0.05) is 48.2 Å². The fraction of sp³-hybridized carbons (Fsp3) is 0.320. The molecule has 33 heavy (non-hydrogen) atoms. The second kappa shape index (κ2) is 11.7. The number of barbiturate groups is 1. The van der Waals surface area contributed by atoms with Crippen molar-refractivity contribution in [2.45, 2.75) is 39.5 Å². The first kappa shape index (κ1) is 24.5. The average Bonchev–Trinajstić information content (AvgIpc) is 2.79. The SMILES string of the molecule is CCCCCCOc1ccc(/C=C2\C(=O)NC(=O)N(c3ccc(Br)cc3)C2=O)cc1OCC. The van der Waals surface area contributed by atoms with Crippen LogP contribution in [-0.2, 0) is 9.59 Å². The van der Waals surface area contributed by atoms with Crippen molar-refractivity contribution < 1.29 is 23.9 Å². The number of benzene rings is 2. The van der Waals surface area contributed by atoms with Gasteiger partial charge in [-0.15, -0.1) is 0 Å². The minimum Gasteiger partial charge on any atom is -0.490 e. The van der Waals surface area contributed by atoms with Gasteiger partial charge in [0.1, 0.15) is 5.57 Å². The van der Waals surface area contributed by atoms with Crippen LogP contribution >= 0.6 is 15.9 Å². The number of halogens is 1. The van der Waals surface area contributed by atoms with Crippen LogP contribution in [0.4, 0.5) is 10.5 Å². The molecule has 8 heteroatoms. The smallest absolute Gasteiger partial charge is 0.335 e. The molecule has 0 unspecified atom stereocenters. The van der Waals surface area contributed by atoms with Crippen molar-refractivity contribution in [3.63, 3.8) is 0 Å². The van der Waals surface area contributed by atoms with Gasteiger partial charge >= 0.3 is 6.03 Å². The van der Waals surface area contributed by atoms with Gasteiger partial charge in [-0.2, -0.15) is 0 Å². The predicted molar refractivity (Wildman–Crippen MR) is 130 cm³/mol. The maximum atomic E-state index is 13.0. The van der Waals surface area contributed by atoms with Crippen LogP contribution in [0, 0.1) is 0 Å². The molecule has 0 radical (unpaired) electrons. The number of ether oxygens (including phenoxy) is 2. The summed E-state index contributed by atoms with van der Waals surface area (Å²) in [6.07, 6.45) is 5.84. The van der Waals surface area contributed by atoms with E-state index in [2.05, 4.69) is 28.2 Å². The molecular formula is C25H27BrN2O5. The molecular weight excluding hydrogens is 488 g/mol. The monoisotopic (exact) mass is 514 g/mol. The van der Waals surface area contributed by atoms with Crippen LogP contribution in [0.3, 0.4) is 0 Å². The summed E-state index contributed by atoms with van der Waals surface area (Å²) in [4.78, 5) is 38.8. The van der Waals surface area contributed by atoms with Gasteiger partial charge in [0.05, 0.1) is 18.9 Å². The van der Waals surface area contributed by atoms with Crippen LogP contribution in [0.5, 0.6) is 11.5 Å². The van der Waals surface area contributed by atoms with Crippen molar-refractivity contribution >= 4 is 45.5 Å². The Kier molecular flexibility index (Phi) is 8.65. The standard InChI is InChI=1S/C25H27BrN2O5/c1-3-5-6-7-14-33-21-13-8-17(16-22(21)32-4-2)15-20-23(29)27-25(31)28(24(20)30)19-11-9-18(26)10-12-19/h8-13,15-16H,3-7,14H2,1-2H3,(H,27,29,31)/b20-15+. The number of carbonyl (C=O) groups excluding carboxylic acids is 3. The van der Waals surface area contributed by atoms with Crippen LogP contribution in [0.15, 0.2) is 52.5 Å². The maximum Gasteiger partial charge on any atom is 0.335 e. The minimum atomic E-state index is -0.786. The van der Waals surface area contributed by atoms with E-state index in [1.165, 1.54) is 12.5 Å². The van der Waals surface area contributed by atoms with E-state index in [0.717, 1.165) is 28.6 Å². The Morgan fingerprint density at radius 3 is 2.39 bits per heavy atom. The second-order valence-electron chi connectivity index (χ2n) is 7.48. The summed E-state index contributed by atoms with van der Waals surface area (Å²) in [6, 6.07) is 11.1. The molecule has 0 aromatic heterocycles. The van der Waals surface area contributed by atoms with Crippen molar-refractivity contribution in [2.24, 2.45) is 0 Å². The van der Waals surface area contributed by atoms with E-state index in [4.69, 9.17) is 9.47 Å².